The zero-order valence-corrected chi connectivity index (χ0v) is 13.9. The fourth-order valence-electron chi connectivity index (χ4n) is 2.16. The highest BCUT2D eigenvalue weighted by Gasteiger charge is 1.85. The summed E-state index contributed by atoms with van der Waals surface area (Å²) in [6, 6.07) is 0. The molecule has 0 saturated carbocycles. The Kier molecular flexibility index (Phi) is 17.5. The minimum atomic E-state index is 1.09. The maximum atomic E-state index is 2.34. The highest BCUT2D eigenvalue weighted by molar-refractivity contribution is 4.97. The second-order valence-corrected chi connectivity index (χ2v) is 5.58. The molecule has 0 heteroatoms. The molecule has 0 unspecified atom stereocenters. The molecule has 0 saturated heterocycles. The lowest BCUT2D eigenvalue weighted by molar-refractivity contribution is 0.637. The molecule has 0 fully saturated rings. The average molecular weight is 277 g/mol. The van der Waals surface area contributed by atoms with E-state index in [4.69, 9.17) is 0 Å². The van der Waals surface area contributed by atoms with Crippen LogP contribution in [0.1, 0.15) is 90.9 Å². The third-order valence-corrected chi connectivity index (χ3v) is 3.49. The normalized spacial score (nSPS) is 12.3. The highest BCUT2D eigenvalue weighted by atomic mass is 13.9. The van der Waals surface area contributed by atoms with Crippen molar-refractivity contribution in [2.24, 2.45) is 0 Å². The summed E-state index contributed by atoms with van der Waals surface area (Å²) in [5.74, 6) is 0. The van der Waals surface area contributed by atoms with Crippen LogP contribution < -0.4 is 0 Å². The van der Waals surface area contributed by atoms with Gasteiger partial charge < -0.3 is 0 Å². The van der Waals surface area contributed by atoms with Crippen molar-refractivity contribution < 1.29 is 0 Å². The molecule has 0 radical (unpaired) electrons. The maximum absolute atomic E-state index is 2.34. The van der Waals surface area contributed by atoms with Gasteiger partial charge in [-0.3, -0.25) is 0 Å². The summed E-state index contributed by atoms with van der Waals surface area (Å²) >= 11 is 0. The molecule has 0 N–H and O–H groups in total. The molecule has 0 nitrogen and oxygen atoms in total. The fraction of sp³-hybridized carbons (Fsp3) is 0.700. The van der Waals surface area contributed by atoms with Gasteiger partial charge in [0.1, 0.15) is 0 Å². The smallest absolute Gasteiger partial charge is 0.0169 e. The van der Waals surface area contributed by atoms with Crippen LogP contribution in [0.25, 0.3) is 0 Å². The van der Waals surface area contributed by atoms with Crippen molar-refractivity contribution in [2.75, 3.05) is 0 Å². The molecule has 0 aliphatic carbocycles. The lowest BCUT2D eigenvalue weighted by Gasteiger charge is -1.95. The van der Waals surface area contributed by atoms with Gasteiger partial charge in [0.25, 0.3) is 0 Å². The van der Waals surface area contributed by atoms with Crippen LogP contribution in [0.15, 0.2) is 36.5 Å². The van der Waals surface area contributed by atoms with Gasteiger partial charge >= 0.3 is 0 Å². The first kappa shape index (κ1) is 19.2. The van der Waals surface area contributed by atoms with E-state index >= 15 is 0 Å². The molecule has 0 aliphatic heterocycles. The molecule has 0 bridgehead atoms. The molecular formula is C20H36. The van der Waals surface area contributed by atoms with E-state index in [1.165, 1.54) is 64.2 Å². The van der Waals surface area contributed by atoms with Crippen molar-refractivity contribution in [1.29, 1.82) is 0 Å². The Hall–Kier alpha value is -0.780. The van der Waals surface area contributed by atoms with Crippen LogP contribution in [0.3, 0.4) is 0 Å². The van der Waals surface area contributed by atoms with Gasteiger partial charge in [-0.1, -0.05) is 88.8 Å². The van der Waals surface area contributed by atoms with Gasteiger partial charge in [-0.15, -0.1) is 0 Å². The minimum Gasteiger partial charge on any atom is -0.0882 e. The Bertz CT molecular complexity index is 245. The Morgan fingerprint density at radius 1 is 0.450 bits per heavy atom. The van der Waals surface area contributed by atoms with Gasteiger partial charge in [0.2, 0.25) is 0 Å². The zero-order chi connectivity index (χ0) is 14.7. The van der Waals surface area contributed by atoms with Crippen molar-refractivity contribution in [3.05, 3.63) is 36.5 Å². The summed E-state index contributed by atoms with van der Waals surface area (Å²) < 4.78 is 0. The first-order valence-corrected chi connectivity index (χ1v) is 8.86. The molecule has 0 atom stereocenters. The summed E-state index contributed by atoms with van der Waals surface area (Å²) in [6.07, 6.45) is 29.5. The van der Waals surface area contributed by atoms with Crippen LogP contribution in [0, 0.1) is 0 Å². The topological polar surface area (TPSA) is 0 Å². The molecule has 0 rings (SSSR count). The molecule has 0 aromatic heterocycles. The monoisotopic (exact) mass is 276 g/mol. The fourth-order valence-corrected chi connectivity index (χ4v) is 2.16. The number of allylic oxidation sites excluding steroid dienone is 6. The lowest BCUT2D eigenvalue weighted by atomic mass is 10.1. The van der Waals surface area contributed by atoms with Crippen LogP contribution in [0.2, 0.25) is 0 Å². The Morgan fingerprint density at radius 3 is 1.40 bits per heavy atom. The van der Waals surface area contributed by atoms with Crippen LogP contribution in [0.5, 0.6) is 0 Å². The van der Waals surface area contributed by atoms with Crippen molar-refractivity contribution in [2.45, 2.75) is 90.9 Å². The summed E-state index contributed by atoms with van der Waals surface area (Å²) in [7, 11) is 0. The summed E-state index contributed by atoms with van der Waals surface area (Å²) in [5, 5.41) is 0. The lowest BCUT2D eigenvalue weighted by Crippen LogP contribution is -1.75. The Morgan fingerprint density at radius 2 is 0.850 bits per heavy atom. The van der Waals surface area contributed by atoms with Gasteiger partial charge in [-0.05, 0) is 38.5 Å². The number of rotatable bonds is 14. The van der Waals surface area contributed by atoms with Crippen LogP contribution in [-0.2, 0) is 0 Å². The molecule has 0 spiro atoms. The van der Waals surface area contributed by atoms with Gasteiger partial charge in [-0.2, -0.15) is 0 Å². The maximum Gasteiger partial charge on any atom is -0.0169 e. The summed E-state index contributed by atoms with van der Waals surface area (Å²) in [6.45, 7) is 4.53. The van der Waals surface area contributed by atoms with Crippen LogP contribution >= 0.6 is 0 Å². The molecule has 0 amide bonds. The molecule has 0 aliphatic rings. The zero-order valence-electron chi connectivity index (χ0n) is 13.9. The van der Waals surface area contributed by atoms with E-state index < -0.39 is 0 Å². The predicted octanol–water partition coefficient (Wildman–Crippen LogP) is 7.38. The molecule has 20 heavy (non-hydrogen) atoms. The summed E-state index contributed by atoms with van der Waals surface area (Å²) in [5.41, 5.74) is 0. The van der Waals surface area contributed by atoms with Crippen molar-refractivity contribution >= 4 is 0 Å². The standard InChI is InChI=1S/C20H36/c1-3-5-7-9-11-13-15-17-19-20-18-16-14-12-10-8-6-4-2/h11,13,16-19H,3-10,12,14-15,20H2,1-2H3/b13-11-,18-16-,19-17-. The van der Waals surface area contributed by atoms with E-state index in [1.807, 2.05) is 0 Å². The summed E-state index contributed by atoms with van der Waals surface area (Å²) in [4.78, 5) is 0. The molecule has 0 heterocycles. The van der Waals surface area contributed by atoms with E-state index in [-0.39, 0.29) is 0 Å². The van der Waals surface area contributed by atoms with Crippen molar-refractivity contribution in [3.63, 3.8) is 0 Å². The molecule has 116 valence electrons. The van der Waals surface area contributed by atoms with Gasteiger partial charge in [0, 0.05) is 0 Å². The molecule has 0 aromatic rings. The van der Waals surface area contributed by atoms with E-state index in [0.717, 1.165) is 12.8 Å². The third-order valence-electron chi connectivity index (χ3n) is 3.49. The Balaban J connectivity index is 3.25. The largest absolute Gasteiger partial charge is 0.0882 e. The number of hydrogen-bond acceptors (Lipinski definition) is 0. The SMILES string of the molecule is CCCCC/C=C\C/C=C\C/C=C\CCCCCCC. The Labute approximate surface area is 128 Å². The second kappa shape index (κ2) is 18.2. The second-order valence-electron chi connectivity index (χ2n) is 5.58. The van der Waals surface area contributed by atoms with E-state index in [9.17, 15) is 0 Å². The van der Waals surface area contributed by atoms with Gasteiger partial charge in [-0.25, -0.2) is 0 Å². The first-order valence-electron chi connectivity index (χ1n) is 8.86. The van der Waals surface area contributed by atoms with Gasteiger partial charge in [0.05, 0.1) is 0 Å². The van der Waals surface area contributed by atoms with E-state index in [2.05, 4.69) is 50.3 Å². The van der Waals surface area contributed by atoms with Crippen molar-refractivity contribution in [3.8, 4) is 0 Å². The van der Waals surface area contributed by atoms with Crippen molar-refractivity contribution in [1.82, 2.24) is 0 Å². The number of unbranched alkanes of at least 4 members (excludes halogenated alkanes) is 8. The quantitative estimate of drug-likeness (QED) is 0.229. The minimum absolute atomic E-state index is 1.09. The first-order chi connectivity index (χ1) is 9.91. The predicted molar refractivity (Wildman–Crippen MR) is 94.2 cm³/mol. The van der Waals surface area contributed by atoms with E-state index in [0.29, 0.717) is 0 Å². The number of hydrogen-bond donors (Lipinski definition) is 0. The molecule has 0 aromatic carbocycles. The molecular weight excluding hydrogens is 240 g/mol. The van der Waals surface area contributed by atoms with Crippen LogP contribution in [0.4, 0.5) is 0 Å². The average Bonchev–Trinajstić information content (AvgIpc) is 2.47. The van der Waals surface area contributed by atoms with Crippen LogP contribution in [-0.4, -0.2) is 0 Å². The third kappa shape index (κ3) is 17.2. The highest BCUT2D eigenvalue weighted by Crippen LogP contribution is 2.05. The van der Waals surface area contributed by atoms with E-state index in [1.54, 1.807) is 0 Å². The van der Waals surface area contributed by atoms with Gasteiger partial charge in [0.15, 0.2) is 0 Å².